The van der Waals surface area contributed by atoms with Crippen molar-refractivity contribution in [2.24, 2.45) is 5.92 Å². The van der Waals surface area contributed by atoms with E-state index in [0.29, 0.717) is 0 Å². The number of aromatic nitrogens is 2. The van der Waals surface area contributed by atoms with Crippen molar-refractivity contribution in [1.82, 2.24) is 10.2 Å². The van der Waals surface area contributed by atoms with E-state index in [-0.39, 0.29) is 32.7 Å². The van der Waals surface area contributed by atoms with Crippen LogP contribution in [0.2, 0.25) is 0 Å². The summed E-state index contributed by atoms with van der Waals surface area (Å²) in [7, 11) is 0. The molecule has 0 saturated heterocycles. The van der Waals surface area contributed by atoms with E-state index < -0.39 is 23.8 Å². The third-order valence-electron chi connectivity index (χ3n) is 4.36. The highest BCUT2D eigenvalue weighted by Gasteiger charge is 2.26. The molecule has 0 aliphatic heterocycles. The number of carbonyl (C=O) groups excluding carboxylic acids is 3. The number of ether oxygens (including phenoxy) is 3. The maximum absolute atomic E-state index is 12.4. The van der Waals surface area contributed by atoms with E-state index in [0.717, 1.165) is 27.6 Å². The van der Waals surface area contributed by atoms with Gasteiger partial charge in [-0.3, -0.25) is 19.5 Å². The normalized spacial score (nSPS) is 11.9. The Labute approximate surface area is 163 Å². The fourth-order valence-corrected chi connectivity index (χ4v) is 3.12. The molecule has 0 amide bonds. The lowest BCUT2D eigenvalue weighted by Gasteiger charge is -2.18. The zero-order valence-corrected chi connectivity index (χ0v) is 16.7. The van der Waals surface area contributed by atoms with Crippen molar-refractivity contribution in [2.75, 3.05) is 13.2 Å². The maximum atomic E-state index is 12.4. The second-order valence-electron chi connectivity index (χ2n) is 6.43. The summed E-state index contributed by atoms with van der Waals surface area (Å²) in [6.45, 7) is 7.20. The second kappa shape index (κ2) is 9.87. The van der Waals surface area contributed by atoms with Gasteiger partial charge in [0.25, 0.3) is 0 Å². The highest BCUT2D eigenvalue weighted by Crippen LogP contribution is 2.28. The topological polar surface area (TPSA) is 108 Å². The summed E-state index contributed by atoms with van der Waals surface area (Å²) in [6, 6.07) is 1.91. The van der Waals surface area contributed by atoms with E-state index in [1.807, 2.05) is 13.0 Å². The quantitative estimate of drug-likeness (QED) is 0.518. The second-order valence-corrected chi connectivity index (χ2v) is 6.43. The molecule has 1 N–H and O–H groups in total. The van der Waals surface area contributed by atoms with E-state index in [2.05, 4.69) is 10.2 Å². The van der Waals surface area contributed by atoms with Crippen LogP contribution in [0.1, 0.15) is 43.9 Å². The van der Waals surface area contributed by atoms with Crippen LogP contribution in [-0.2, 0) is 41.6 Å². The van der Waals surface area contributed by atoms with Gasteiger partial charge in [-0.1, -0.05) is 6.07 Å². The average Bonchev–Trinajstić information content (AvgIpc) is 3.11. The highest BCUT2D eigenvalue weighted by molar-refractivity contribution is 5.86. The molecule has 152 valence electrons. The van der Waals surface area contributed by atoms with Gasteiger partial charge < -0.3 is 14.2 Å². The molecule has 1 aromatic heterocycles. The molecule has 8 heteroatoms. The average molecular weight is 390 g/mol. The minimum atomic E-state index is -0.696. The molecular weight excluding hydrogens is 364 g/mol. The number of aryl methyl sites for hydroxylation is 1. The molecule has 0 radical (unpaired) electrons. The number of carbonyl (C=O) groups is 3. The Kier molecular flexibility index (Phi) is 7.54. The summed E-state index contributed by atoms with van der Waals surface area (Å²) in [6.07, 6.45) is 1.84. The van der Waals surface area contributed by atoms with Crippen molar-refractivity contribution in [3.8, 4) is 0 Å². The van der Waals surface area contributed by atoms with E-state index >= 15 is 0 Å². The molecule has 0 aliphatic rings. The zero-order valence-electron chi connectivity index (χ0n) is 16.7. The number of aromatic amines is 1. The standard InChI is InChI=1S/C20H26N2O6/c1-5-26-18(24)9-15(20(25)27-6-2)8-14-7-12(3)19-16(10-21-22-19)17(14)11-28-13(4)23/h7,10,15H,5-6,8-9,11H2,1-4H3,(H,21,22)/t15-/m0/s1. The van der Waals surface area contributed by atoms with Gasteiger partial charge in [-0.15, -0.1) is 0 Å². The van der Waals surface area contributed by atoms with Crippen molar-refractivity contribution in [3.63, 3.8) is 0 Å². The summed E-state index contributed by atoms with van der Waals surface area (Å²) in [5, 5.41) is 7.82. The van der Waals surface area contributed by atoms with Crippen LogP contribution in [-0.4, -0.2) is 41.3 Å². The van der Waals surface area contributed by atoms with Crippen LogP contribution in [0.3, 0.4) is 0 Å². The lowest BCUT2D eigenvalue weighted by molar-refractivity contribution is -0.154. The van der Waals surface area contributed by atoms with Crippen molar-refractivity contribution in [2.45, 2.75) is 47.1 Å². The first-order valence-electron chi connectivity index (χ1n) is 9.27. The molecule has 1 atom stereocenters. The number of esters is 3. The van der Waals surface area contributed by atoms with Crippen LogP contribution in [0.15, 0.2) is 12.3 Å². The van der Waals surface area contributed by atoms with E-state index in [4.69, 9.17) is 14.2 Å². The van der Waals surface area contributed by atoms with Crippen LogP contribution < -0.4 is 0 Å². The van der Waals surface area contributed by atoms with Gasteiger partial charge in [0.1, 0.15) is 6.61 Å². The summed E-state index contributed by atoms with van der Waals surface area (Å²) in [5.74, 6) is -2.02. The van der Waals surface area contributed by atoms with E-state index in [1.54, 1.807) is 20.0 Å². The summed E-state index contributed by atoms with van der Waals surface area (Å²) in [5.41, 5.74) is 3.33. The van der Waals surface area contributed by atoms with E-state index in [9.17, 15) is 14.4 Å². The smallest absolute Gasteiger partial charge is 0.309 e. The molecule has 0 spiro atoms. The molecule has 0 unspecified atom stereocenters. The number of H-pyrrole nitrogens is 1. The van der Waals surface area contributed by atoms with Gasteiger partial charge in [-0.05, 0) is 38.3 Å². The van der Waals surface area contributed by atoms with Gasteiger partial charge in [0.2, 0.25) is 0 Å². The third kappa shape index (κ3) is 5.31. The monoisotopic (exact) mass is 390 g/mol. The predicted octanol–water partition coefficient (Wildman–Crippen LogP) is 2.61. The molecule has 0 bridgehead atoms. The Morgan fingerprint density at radius 2 is 1.86 bits per heavy atom. The van der Waals surface area contributed by atoms with Crippen molar-refractivity contribution < 1.29 is 28.6 Å². The number of rotatable bonds is 9. The summed E-state index contributed by atoms with van der Waals surface area (Å²) >= 11 is 0. The van der Waals surface area contributed by atoms with Gasteiger partial charge in [0, 0.05) is 17.9 Å². The number of hydrogen-bond acceptors (Lipinski definition) is 7. The van der Waals surface area contributed by atoms with Gasteiger partial charge in [-0.2, -0.15) is 5.10 Å². The Morgan fingerprint density at radius 3 is 2.50 bits per heavy atom. The van der Waals surface area contributed by atoms with Gasteiger partial charge >= 0.3 is 17.9 Å². The van der Waals surface area contributed by atoms with Crippen LogP contribution in [0.25, 0.3) is 10.9 Å². The molecule has 1 aromatic carbocycles. The molecule has 0 fully saturated rings. The lowest BCUT2D eigenvalue weighted by Crippen LogP contribution is -2.25. The Hall–Kier alpha value is -2.90. The first-order valence-corrected chi connectivity index (χ1v) is 9.27. The van der Waals surface area contributed by atoms with Crippen LogP contribution in [0.5, 0.6) is 0 Å². The van der Waals surface area contributed by atoms with Crippen molar-refractivity contribution >= 4 is 28.8 Å². The molecule has 2 rings (SSSR count). The maximum Gasteiger partial charge on any atom is 0.309 e. The first-order chi connectivity index (χ1) is 13.4. The van der Waals surface area contributed by atoms with Crippen LogP contribution in [0.4, 0.5) is 0 Å². The number of nitrogens with zero attached hydrogens (tertiary/aromatic N) is 1. The van der Waals surface area contributed by atoms with E-state index in [1.165, 1.54) is 6.92 Å². The Morgan fingerprint density at radius 1 is 1.14 bits per heavy atom. The first kappa shape index (κ1) is 21.4. The lowest BCUT2D eigenvalue weighted by atomic mass is 9.90. The van der Waals surface area contributed by atoms with Crippen LogP contribution >= 0.6 is 0 Å². The molecule has 0 saturated carbocycles. The van der Waals surface area contributed by atoms with Crippen molar-refractivity contribution in [1.29, 1.82) is 0 Å². The fourth-order valence-electron chi connectivity index (χ4n) is 3.12. The minimum absolute atomic E-state index is 0.0515. The highest BCUT2D eigenvalue weighted by atomic mass is 16.5. The number of nitrogens with one attached hydrogen (secondary N) is 1. The largest absolute Gasteiger partial charge is 0.466 e. The molecule has 28 heavy (non-hydrogen) atoms. The fraction of sp³-hybridized carbons (Fsp3) is 0.500. The summed E-state index contributed by atoms with van der Waals surface area (Å²) in [4.78, 5) is 35.7. The van der Waals surface area contributed by atoms with Gasteiger partial charge in [0.05, 0.1) is 37.3 Å². The summed E-state index contributed by atoms with van der Waals surface area (Å²) < 4.78 is 15.4. The zero-order chi connectivity index (χ0) is 20.7. The molecule has 1 heterocycles. The van der Waals surface area contributed by atoms with Crippen molar-refractivity contribution in [3.05, 3.63) is 29.0 Å². The molecule has 2 aromatic rings. The van der Waals surface area contributed by atoms with Gasteiger partial charge in [-0.25, -0.2) is 0 Å². The molecule has 8 nitrogen and oxygen atoms in total. The Balaban J connectivity index is 2.40. The predicted molar refractivity (Wildman–Crippen MR) is 101 cm³/mol. The third-order valence-corrected chi connectivity index (χ3v) is 4.36. The van der Waals surface area contributed by atoms with Crippen LogP contribution in [0, 0.1) is 12.8 Å². The SMILES string of the molecule is CCOC(=O)C[C@H](Cc1cc(C)c2[nH]ncc2c1COC(C)=O)C(=O)OCC. The molecular formula is C20H26N2O6. The number of fused-ring (bicyclic) bond motifs is 1. The number of benzene rings is 1. The number of hydrogen-bond donors (Lipinski definition) is 1. The molecule has 0 aliphatic carbocycles. The Bertz CT molecular complexity index is 858. The minimum Gasteiger partial charge on any atom is -0.466 e. The van der Waals surface area contributed by atoms with Gasteiger partial charge in [0.15, 0.2) is 0 Å².